The summed E-state index contributed by atoms with van der Waals surface area (Å²) >= 11 is 0. The molecule has 0 nitrogen and oxygen atoms in total. The quantitative estimate of drug-likeness (QED) is 0.422. The molecule has 0 saturated carbocycles. The molecule has 0 atom stereocenters. The second kappa shape index (κ2) is 3.89. The summed E-state index contributed by atoms with van der Waals surface area (Å²) in [6.45, 7) is 1.91. The van der Waals surface area contributed by atoms with Crippen molar-refractivity contribution < 1.29 is 4.39 Å². The summed E-state index contributed by atoms with van der Waals surface area (Å²) in [7, 11) is 0.602. The van der Waals surface area contributed by atoms with Crippen molar-refractivity contribution in [2.75, 3.05) is 0 Å². The highest BCUT2D eigenvalue weighted by molar-refractivity contribution is 6.40. The smallest absolute Gasteiger partial charge is 0.0784 e. The Hall–Kier alpha value is -0.113. The van der Waals surface area contributed by atoms with Gasteiger partial charge in [0.05, 0.1) is 15.8 Å². The van der Waals surface area contributed by atoms with E-state index in [-0.39, 0.29) is 0 Å². The molecule has 0 bridgehead atoms. The highest BCUT2D eigenvalue weighted by Crippen LogP contribution is 1.65. The van der Waals surface area contributed by atoms with Crippen LogP contribution < -0.4 is 0 Å². The highest BCUT2D eigenvalue weighted by Gasteiger charge is 1.58. The summed E-state index contributed by atoms with van der Waals surface area (Å²) in [5.74, 6) is 0. The van der Waals surface area contributed by atoms with Gasteiger partial charge in [-0.15, -0.1) is 0 Å². The molecular formula is C3H5FSi. The standard InChI is InChI=1S/C3H5FSi/c1-5-3-2-4/h2-3H,1H3/b3-2+. The normalized spacial score (nSPS) is 10.0. The van der Waals surface area contributed by atoms with E-state index in [0.29, 0.717) is 15.8 Å². The fraction of sp³-hybridized carbons (Fsp3) is 0.333. The van der Waals surface area contributed by atoms with E-state index in [0.717, 1.165) is 0 Å². The zero-order valence-electron chi connectivity index (χ0n) is 3.03. The molecule has 0 rings (SSSR count). The lowest BCUT2D eigenvalue weighted by Gasteiger charge is -1.59. The lowest BCUT2D eigenvalue weighted by molar-refractivity contribution is 0.723. The Labute approximate surface area is 33.5 Å². The van der Waals surface area contributed by atoms with Crippen LogP contribution in [0.5, 0.6) is 0 Å². The fourth-order valence-corrected chi connectivity index (χ4v) is 0.189. The van der Waals surface area contributed by atoms with Crippen molar-refractivity contribution in [3.05, 3.63) is 12.0 Å². The first-order valence-electron chi connectivity index (χ1n) is 1.34. The predicted octanol–water partition coefficient (Wildman–Crippen LogP) is 1.18. The molecule has 0 aromatic rings. The molecule has 0 aromatic carbocycles. The van der Waals surface area contributed by atoms with Crippen molar-refractivity contribution in [1.29, 1.82) is 0 Å². The Morgan fingerprint density at radius 3 is 2.40 bits per heavy atom. The first-order valence-corrected chi connectivity index (χ1v) is 2.92. The summed E-state index contributed by atoms with van der Waals surface area (Å²) in [5.41, 5.74) is 1.49. The maximum Gasteiger partial charge on any atom is 0.0784 e. The van der Waals surface area contributed by atoms with Gasteiger partial charge in [0.25, 0.3) is 0 Å². The van der Waals surface area contributed by atoms with Crippen molar-refractivity contribution in [3.8, 4) is 0 Å². The van der Waals surface area contributed by atoms with Crippen molar-refractivity contribution in [2.24, 2.45) is 0 Å². The number of rotatable bonds is 1. The molecule has 5 heavy (non-hydrogen) atoms. The maximum absolute atomic E-state index is 10.8. The molecule has 0 aliphatic rings. The van der Waals surface area contributed by atoms with Crippen LogP contribution in [-0.2, 0) is 0 Å². The second-order valence-corrected chi connectivity index (χ2v) is 1.49. The van der Waals surface area contributed by atoms with Gasteiger partial charge >= 0.3 is 0 Å². The Bertz CT molecular complexity index is 33.9. The van der Waals surface area contributed by atoms with E-state index in [9.17, 15) is 4.39 Å². The van der Waals surface area contributed by atoms with E-state index in [2.05, 4.69) is 0 Å². The molecule has 0 fully saturated rings. The van der Waals surface area contributed by atoms with Gasteiger partial charge in [0.2, 0.25) is 0 Å². The second-order valence-electron chi connectivity index (χ2n) is 0.581. The Morgan fingerprint density at radius 2 is 2.40 bits per heavy atom. The van der Waals surface area contributed by atoms with Crippen molar-refractivity contribution in [1.82, 2.24) is 0 Å². The summed E-state index contributed by atoms with van der Waals surface area (Å²) in [6.07, 6.45) is 0.568. The zero-order valence-corrected chi connectivity index (χ0v) is 4.03. The summed E-state index contributed by atoms with van der Waals surface area (Å²) in [6, 6.07) is 0. The van der Waals surface area contributed by atoms with Crippen molar-refractivity contribution in [2.45, 2.75) is 6.55 Å². The molecule has 0 heterocycles. The van der Waals surface area contributed by atoms with Crippen LogP contribution in [0.3, 0.4) is 0 Å². The van der Waals surface area contributed by atoms with E-state index < -0.39 is 0 Å². The van der Waals surface area contributed by atoms with E-state index in [1.807, 2.05) is 6.55 Å². The van der Waals surface area contributed by atoms with Crippen LogP contribution in [0.4, 0.5) is 4.39 Å². The molecule has 0 unspecified atom stereocenters. The average Bonchev–Trinajstić information content (AvgIpc) is 1.41. The van der Waals surface area contributed by atoms with Gasteiger partial charge in [0, 0.05) is 0 Å². The van der Waals surface area contributed by atoms with Gasteiger partial charge in [0.15, 0.2) is 0 Å². The van der Waals surface area contributed by atoms with Gasteiger partial charge in [0.1, 0.15) is 0 Å². The first-order chi connectivity index (χ1) is 2.41. The lowest BCUT2D eigenvalue weighted by Crippen LogP contribution is -1.63. The van der Waals surface area contributed by atoms with Gasteiger partial charge in [-0.25, -0.2) is 4.39 Å². The Morgan fingerprint density at radius 1 is 1.80 bits per heavy atom. The van der Waals surface area contributed by atoms with Crippen molar-refractivity contribution >= 4 is 9.52 Å². The molecule has 2 heteroatoms. The predicted molar refractivity (Wildman–Crippen MR) is 21.9 cm³/mol. The van der Waals surface area contributed by atoms with Crippen LogP contribution in [0.15, 0.2) is 12.0 Å². The number of halogens is 1. The zero-order chi connectivity index (χ0) is 4.12. The van der Waals surface area contributed by atoms with Gasteiger partial charge < -0.3 is 0 Å². The molecule has 28 valence electrons. The molecular weight excluding hydrogens is 83.1 g/mol. The monoisotopic (exact) mass is 88.0 g/mol. The topological polar surface area (TPSA) is 0 Å². The number of hydrogen-bond donors (Lipinski definition) is 0. The van der Waals surface area contributed by atoms with Crippen molar-refractivity contribution in [3.63, 3.8) is 0 Å². The minimum Gasteiger partial charge on any atom is -0.216 e. The molecule has 0 amide bonds. The van der Waals surface area contributed by atoms with E-state index in [4.69, 9.17) is 0 Å². The SMILES string of the molecule is C[Si]/C=C/F. The largest absolute Gasteiger partial charge is 0.216 e. The molecule has 0 aromatic heterocycles. The maximum atomic E-state index is 10.8. The van der Waals surface area contributed by atoms with E-state index >= 15 is 0 Å². The van der Waals surface area contributed by atoms with Gasteiger partial charge in [-0.05, 0) is 0 Å². The lowest BCUT2D eigenvalue weighted by atomic mass is 11.2. The Balaban J connectivity index is 2.62. The van der Waals surface area contributed by atoms with Crippen LogP contribution in [-0.4, -0.2) is 9.52 Å². The average molecular weight is 88.2 g/mol. The highest BCUT2D eigenvalue weighted by atomic mass is 28.2. The minimum atomic E-state index is 0.568. The van der Waals surface area contributed by atoms with Crippen LogP contribution in [0, 0.1) is 0 Å². The van der Waals surface area contributed by atoms with Crippen LogP contribution in [0.1, 0.15) is 0 Å². The number of hydrogen-bond acceptors (Lipinski definition) is 0. The molecule has 0 aliphatic heterocycles. The van der Waals surface area contributed by atoms with Gasteiger partial charge in [-0.2, -0.15) is 0 Å². The molecule has 0 saturated heterocycles. The Kier molecular flexibility index (Phi) is 3.80. The first kappa shape index (κ1) is 4.89. The molecule has 0 spiro atoms. The fourth-order valence-electron chi connectivity index (χ4n) is 0.0630. The molecule has 2 radical (unpaired) electrons. The molecule has 0 aliphatic carbocycles. The summed E-state index contributed by atoms with van der Waals surface area (Å²) in [5, 5.41) is 0. The van der Waals surface area contributed by atoms with Gasteiger partial charge in [-0.3, -0.25) is 0 Å². The van der Waals surface area contributed by atoms with Crippen LogP contribution >= 0.6 is 0 Å². The summed E-state index contributed by atoms with van der Waals surface area (Å²) in [4.78, 5) is 0. The third kappa shape index (κ3) is 3.89. The van der Waals surface area contributed by atoms with Crippen LogP contribution in [0.25, 0.3) is 0 Å². The van der Waals surface area contributed by atoms with Crippen LogP contribution in [0.2, 0.25) is 6.55 Å². The van der Waals surface area contributed by atoms with E-state index in [1.54, 1.807) is 0 Å². The minimum absolute atomic E-state index is 0.568. The molecule has 0 N–H and O–H groups in total. The third-order valence-corrected chi connectivity index (χ3v) is 0.689. The van der Waals surface area contributed by atoms with Gasteiger partial charge in [-0.1, -0.05) is 12.2 Å². The third-order valence-electron chi connectivity index (χ3n) is 0.230. The van der Waals surface area contributed by atoms with E-state index in [1.165, 1.54) is 5.70 Å². The summed E-state index contributed by atoms with van der Waals surface area (Å²) < 4.78 is 10.8.